The lowest BCUT2D eigenvalue weighted by molar-refractivity contribution is -0.134. The Morgan fingerprint density at radius 3 is 2.24 bits per heavy atom. The molecule has 2 amide bonds. The number of hydrogen-bond acceptors (Lipinski definition) is 2. The second-order valence-corrected chi connectivity index (χ2v) is 5.12. The average Bonchev–Trinajstić information content (AvgIpc) is 2.52. The standard InChI is InChI=1S/C17H26N2O2/c1-4-15(5-2)17(21)18-12-16(20)19(6-3)13-14-10-8-7-9-11-14/h7-11,15H,4-6,12-13H2,1-3H3,(H,18,21). The molecule has 0 spiro atoms. The Balaban J connectivity index is 2.50. The van der Waals surface area contributed by atoms with Crippen molar-refractivity contribution in [3.05, 3.63) is 35.9 Å². The average molecular weight is 290 g/mol. The Morgan fingerprint density at radius 2 is 1.71 bits per heavy atom. The van der Waals surface area contributed by atoms with Crippen LogP contribution in [0.5, 0.6) is 0 Å². The fraction of sp³-hybridized carbons (Fsp3) is 0.529. The Labute approximate surface area is 127 Å². The van der Waals surface area contributed by atoms with Crippen LogP contribution in [0.1, 0.15) is 39.2 Å². The van der Waals surface area contributed by atoms with Gasteiger partial charge in [-0.05, 0) is 25.3 Å². The van der Waals surface area contributed by atoms with Crippen LogP contribution in [0.2, 0.25) is 0 Å². The number of nitrogens with zero attached hydrogens (tertiary/aromatic N) is 1. The van der Waals surface area contributed by atoms with Crippen molar-refractivity contribution in [1.82, 2.24) is 10.2 Å². The molecule has 0 atom stereocenters. The second-order valence-electron chi connectivity index (χ2n) is 5.12. The number of carbonyl (C=O) groups is 2. The monoisotopic (exact) mass is 290 g/mol. The lowest BCUT2D eigenvalue weighted by Gasteiger charge is -2.22. The van der Waals surface area contributed by atoms with Crippen LogP contribution in [0.25, 0.3) is 0 Å². The fourth-order valence-electron chi connectivity index (χ4n) is 2.26. The smallest absolute Gasteiger partial charge is 0.242 e. The zero-order valence-corrected chi connectivity index (χ0v) is 13.3. The molecule has 4 nitrogen and oxygen atoms in total. The van der Waals surface area contributed by atoms with Crippen LogP contribution in [0.3, 0.4) is 0 Å². The summed E-state index contributed by atoms with van der Waals surface area (Å²) >= 11 is 0. The van der Waals surface area contributed by atoms with Crippen LogP contribution < -0.4 is 5.32 Å². The highest BCUT2D eigenvalue weighted by Gasteiger charge is 2.17. The summed E-state index contributed by atoms with van der Waals surface area (Å²) < 4.78 is 0. The molecule has 1 aromatic carbocycles. The van der Waals surface area contributed by atoms with Crippen LogP contribution in [0.15, 0.2) is 30.3 Å². The molecule has 0 aliphatic rings. The van der Waals surface area contributed by atoms with Crippen LogP contribution in [-0.2, 0) is 16.1 Å². The summed E-state index contributed by atoms with van der Waals surface area (Å²) in [4.78, 5) is 25.8. The molecule has 0 radical (unpaired) electrons. The summed E-state index contributed by atoms with van der Waals surface area (Å²) in [6, 6.07) is 9.87. The molecule has 4 heteroatoms. The SMILES string of the molecule is CCC(CC)C(=O)NCC(=O)N(CC)Cc1ccccc1. The molecule has 0 aliphatic heterocycles. The van der Waals surface area contributed by atoms with Crippen LogP contribution in [0.4, 0.5) is 0 Å². The molecule has 116 valence electrons. The van der Waals surface area contributed by atoms with Crippen molar-refractivity contribution in [2.24, 2.45) is 5.92 Å². The molecular formula is C17H26N2O2. The Hall–Kier alpha value is -1.84. The van der Waals surface area contributed by atoms with Gasteiger partial charge in [-0.25, -0.2) is 0 Å². The van der Waals surface area contributed by atoms with E-state index in [2.05, 4.69) is 5.32 Å². The van der Waals surface area contributed by atoms with Crippen molar-refractivity contribution in [2.75, 3.05) is 13.1 Å². The summed E-state index contributed by atoms with van der Waals surface area (Å²) in [5.41, 5.74) is 1.10. The topological polar surface area (TPSA) is 49.4 Å². The highest BCUT2D eigenvalue weighted by Crippen LogP contribution is 2.07. The van der Waals surface area contributed by atoms with Crippen molar-refractivity contribution in [1.29, 1.82) is 0 Å². The summed E-state index contributed by atoms with van der Waals surface area (Å²) in [7, 11) is 0. The van der Waals surface area contributed by atoms with Gasteiger partial charge in [0, 0.05) is 19.0 Å². The molecule has 0 aromatic heterocycles. The van der Waals surface area contributed by atoms with Crippen LogP contribution in [-0.4, -0.2) is 29.8 Å². The van der Waals surface area contributed by atoms with Crippen molar-refractivity contribution >= 4 is 11.8 Å². The molecule has 0 saturated carbocycles. The number of benzene rings is 1. The molecule has 1 rings (SSSR count). The van der Waals surface area contributed by atoms with E-state index in [1.54, 1.807) is 4.90 Å². The first-order chi connectivity index (χ1) is 10.1. The predicted octanol–water partition coefficient (Wildman–Crippen LogP) is 2.59. The van der Waals surface area contributed by atoms with Gasteiger partial charge in [0.2, 0.25) is 11.8 Å². The molecule has 1 aromatic rings. The minimum Gasteiger partial charge on any atom is -0.347 e. The van der Waals surface area contributed by atoms with E-state index < -0.39 is 0 Å². The van der Waals surface area contributed by atoms with Gasteiger partial charge in [-0.2, -0.15) is 0 Å². The third-order valence-corrected chi connectivity index (χ3v) is 3.72. The molecule has 0 bridgehead atoms. The van der Waals surface area contributed by atoms with Crippen LogP contribution >= 0.6 is 0 Å². The number of carbonyl (C=O) groups excluding carboxylic acids is 2. The van der Waals surface area contributed by atoms with E-state index in [1.165, 1.54) is 0 Å². The molecular weight excluding hydrogens is 264 g/mol. The molecule has 0 saturated heterocycles. The van der Waals surface area contributed by atoms with Gasteiger partial charge in [-0.3, -0.25) is 9.59 Å². The van der Waals surface area contributed by atoms with Gasteiger partial charge in [0.05, 0.1) is 6.54 Å². The fourth-order valence-corrected chi connectivity index (χ4v) is 2.26. The van der Waals surface area contributed by atoms with E-state index in [-0.39, 0.29) is 24.3 Å². The lowest BCUT2D eigenvalue weighted by atomic mass is 10.0. The highest BCUT2D eigenvalue weighted by atomic mass is 16.2. The van der Waals surface area contributed by atoms with Gasteiger partial charge in [-0.15, -0.1) is 0 Å². The largest absolute Gasteiger partial charge is 0.347 e. The molecule has 0 fully saturated rings. The van der Waals surface area contributed by atoms with Crippen molar-refractivity contribution < 1.29 is 9.59 Å². The van der Waals surface area contributed by atoms with Crippen LogP contribution in [0, 0.1) is 5.92 Å². The summed E-state index contributed by atoms with van der Waals surface area (Å²) in [5.74, 6) is -0.0632. The normalized spacial score (nSPS) is 10.5. The van der Waals surface area contributed by atoms with E-state index in [0.717, 1.165) is 18.4 Å². The molecule has 1 N–H and O–H groups in total. The highest BCUT2D eigenvalue weighted by molar-refractivity contribution is 5.85. The second kappa shape index (κ2) is 9.16. The number of hydrogen-bond donors (Lipinski definition) is 1. The third kappa shape index (κ3) is 5.58. The van der Waals surface area contributed by atoms with Gasteiger partial charge in [-0.1, -0.05) is 44.2 Å². The first-order valence-corrected chi connectivity index (χ1v) is 7.71. The van der Waals surface area contributed by atoms with Gasteiger partial charge in [0.15, 0.2) is 0 Å². The Morgan fingerprint density at radius 1 is 1.10 bits per heavy atom. The minimum absolute atomic E-state index is 0.00185. The van der Waals surface area contributed by atoms with Crippen molar-refractivity contribution in [3.8, 4) is 0 Å². The third-order valence-electron chi connectivity index (χ3n) is 3.72. The first-order valence-electron chi connectivity index (χ1n) is 7.71. The maximum Gasteiger partial charge on any atom is 0.242 e. The minimum atomic E-state index is -0.0411. The van der Waals surface area contributed by atoms with Gasteiger partial charge in [0.25, 0.3) is 0 Å². The Kier molecular flexibility index (Phi) is 7.51. The van der Waals surface area contributed by atoms with E-state index in [9.17, 15) is 9.59 Å². The molecule has 0 unspecified atom stereocenters. The summed E-state index contributed by atoms with van der Waals surface area (Å²) in [6.07, 6.45) is 1.61. The molecule has 21 heavy (non-hydrogen) atoms. The maximum atomic E-state index is 12.2. The van der Waals surface area contributed by atoms with E-state index in [4.69, 9.17) is 0 Å². The Bertz CT molecular complexity index is 441. The molecule has 0 aliphatic carbocycles. The summed E-state index contributed by atoms with van der Waals surface area (Å²) in [5, 5.41) is 2.75. The first kappa shape index (κ1) is 17.2. The van der Waals surface area contributed by atoms with Crippen molar-refractivity contribution in [2.45, 2.75) is 40.2 Å². The van der Waals surface area contributed by atoms with Gasteiger partial charge < -0.3 is 10.2 Å². The maximum absolute atomic E-state index is 12.2. The van der Waals surface area contributed by atoms with E-state index in [1.807, 2.05) is 51.1 Å². The number of nitrogens with one attached hydrogen (secondary N) is 1. The lowest BCUT2D eigenvalue weighted by Crippen LogP contribution is -2.41. The predicted molar refractivity (Wildman–Crippen MR) is 84.6 cm³/mol. The zero-order valence-electron chi connectivity index (χ0n) is 13.3. The van der Waals surface area contributed by atoms with Gasteiger partial charge >= 0.3 is 0 Å². The zero-order chi connectivity index (χ0) is 15.7. The quantitative estimate of drug-likeness (QED) is 0.800. The number of rotatable bonds is 8. The number of likely N-dealkylation sites (N-methyl/N-ethyl adjacent to an activating group) is 1. The van der Waals surface area contributed by atoms with Gasteiger partial charge in [0.1, 0.15) is 0 Å². The number of amides is 2. The summed E-state index contributed by atoms with van der Waals surface area (Å²) in [6.45, 7) is 7.22. The van der Waals surface area contributed by atoms with E-state index >= 15 is 0 Å². The van der Waals surface area contributed by atoms with E-state index in [0.29, 0.717) is 13.1 Å². The molecule has 0 heterocycles. The van der Waals surface area contributed by atoms with Crippen molar-refractivity contribution in [3.63, 3.8) is 0 Å².